The lowest BCUT2D eigenvalue weighted by atomic mass is 9.65. The van der Waals surface area contributed by atoms with Crippen molar-refractivity contribution in [3.05, 3.63) is 267 Å². The second-order valence-corrected chi connectivity index (χ2v) is 25.4. The minimum absolute atomic E-state index is 0.0533. The fourth-order valence-electron chi connectivity index (χ4n) is 13.6. The van der Waals surface area contributed by atoms with Crippen molar-refractivity contribution in [1.82, 2.24) is 0 Å². The van der Waals surface area contributed by atoms with Gasteiger partial charge < -0.3 is 9.64 Å². The van der Waals surface area contributed by atoms with Gasteiger partial charge in [0, 0.05) is 52.5 Å². The third-order valence-electron chi connectivity index (χ3n) is 16.9. The van der Waals surface area contributed by atoms with Gasteiger partial charge in [-0.1, -0.05) is 193 Å². The van der Waals surface area contributed by atoms with E-state index in [2.05, 4.69) is 260 Å². The smallest absolute Gasteiger partial charge is 0.132 e. The molecule has 1 aromatic heterocycles. The molecule has 0 saturated carbocycles. The average Bonchev–Trinajstić information content (AvgIpc) is 4.04. The lowest BCUT2D eigenvalue weighted by Gasteiger charge is -2.42. The van der Waals surface area contributed by atoms with Crippen molar-refractivity contribution in [3.8, 4) is 33.8 Å². The van der Waals surface area contributed by atoms with E-state index in [0.717, 1.165) is 39.7 Å². The Morgan fingerprint density at radius 1 is 0.400 bits per heavy atom. The molecule has 11 aromatic rings. The molecule has 2 aliphatic heterocycles. The zero-order valence-electron chi connectivity index (χ0n) is 43.3. The molecule has 10 aromatic carbocycles. The normalized spacial score (nSPS) is 14.9. The van der Waals surface area contributed by atoms with Crippen molar-refractivity contribution in [2.75, 3.05) is 4.90 Å². The van der Waals surface area contributed by atoms with Crippen molar-refractivity contribution < 1.29 is 4.74 Å². The first kappa shape index (κ1) is 44.8. The first-order valence-electron chi connectivity index (χ1n) is 26.4. The Bertz CT molecular complexity index is 4150. The van der Waals surface area contributed by atoms with Gasteiger partial charge in [0.05, 0.1) is 16.5 Å². The molecule has 0 bridgehead atoms. The van der Waals surface area contributed by atoms with E-state index >= 15 is 0 Å². The van der Waals surface area contributed by atoms with Gasteiger partial charge in [-0.25, -0.2) is 0 Å². The highest BCUT2D eigenvalue weighted by molar-refractivity contribution is 7.99. The van der Waals surface area contributed by atoms with Crippen molar-refractivity contribution in [2.45, 2.75) is 79.9 Å². The minimum Gasteiger partial charge on any atom is -0.457 e. The Hall–Kier alpha value is -7.63. The molecule has 2 aliphatic carbocycles. The molecule has 75 heavy (non-hydrogen) atoms. The summed E-state index contributed by atoms with van der Waals surface area (Å²) in [5, 5.41) is 2.53. The molecule has 4 heteroatoms. The minimum atomic E-state index is -0.623. The number of thiophene rings is 1. The van der Waals surface area contributed by atoms with Crippen LogP contribution >= 0.6 is 23.1 Å². The third kappa shape index (κ3) is 6.16. The highest BCUT2D eigenvalue weighted by Gasteiger charge is 2.53. The SMILES string of the molecule is Cc1cc(N(c2ccc3c(c2)C2(c4ccccc4O3)c3ccccc3-c3ccccc32)c2ccc3c(c2)C2(c4cc(C(C)(C)C)ccc4Sc4ccc(C(C)(C)C)cc42)c2ccccc2-3)c2c(c1)sc1ccccc12. The van der Waals surface area contributed by atoms with Gasteiger partial charge in [0.25, 0.3) is 0 Å². The number of benzene rings is 10. The quantitative estimate of drug-likeness (QED) is 0.175. The Morgan fingerprint density at radius 2 is 0.893 bits per heavy atom. The van der Waals surface area contributed by atoms with Gasteiger partial charge in [-0.3, -0.25) is 0 Å². The van der Waals surface area contributed by atoms with Gasteiger partial charge in [-0.05, 0) is 157 Å². The summed E-state index contributed by atoms with van der Waals surface area (Å²) in [7, 11) is 0. The Kier molecular flexibility index (Phi) is 9.39. The topological polar surface area (TPSA) is 12.5 Å². The van der Waals surface area contributed by atoms with Gasteiger partial charge in [-0.15, -0.1) is 11.3 Å². The second-order valence-electron chi connectivity index (χ2n) is 23.3. The third-order valence-corrected chi connectivity index (χ3v) is 19.2. The van der Waals surface area contributed by atoms with E-state index in [-0.39, 0.29) is 10.8 Å². The maximum atomic E-state index is 7.06. The fourth-order valence-corrected chi connectivity index (χ4v) is 15.9. The second kappa shape index (κ2) is 15.7. The van der Waals surface area contributed by atoms with Gasteiger partial charge in [0.2, 0.25) is 0 Å². The van der Waals surface area contributed by atoms with E-state index in [1.54, 1.807) is 0 Å². The zero-order chi connectivity index (χ0) is 50.8. The zero-order valence-corrected chi connectivity index (χ0v) is 44.9. The van der Waals surface area contributed by atoms with Gasteiger partial charge in [-0.2, -0.15) is 0 Å². The predicted molar refractivity (Wildman–Crippen MR) is 315 cm³/mol. The first-order valence-corrected chi connectivity index (χ1v) is 28.0. The number of anilines is 3. The molecule has 0 N–H and O–H groups in total. The molecule has 0 atom stereocenters. The lowest BCUT2D eigenvalue weighted by Crippen LogP contribution is -2.33. The van der Waals surface area contributed by atoms with Crippen molar-refractivity contribution in [3.63, 3.8) is 0 Å². The van der Waals surface area contributed by atoms with Crippen molar-refractivity contribution in [1.29, 1.82) is 0 Å². The maximum absolute atomic E-state index is 7.06. The van der Waals surface area contributed by atoms with Gasteiger partial charge in [0.15, 0.2) is 0 Å². The van der Waals surface area contributed by atoms with E-state index in [4.69, 9.17) is 4.74 Å². The van der Waals surface area contributed by atoms with Crippen LogP contribution in [0.5, 0.6) is 11.5 Å². The van der Waals surface area contributed by atoms with Crippen LogP contribution in [-0.2, 0) is 21.7 Å². The molecule has 0 unspecified atom stereocenters. The van der Waals surface area contributed by atoms with E-state index in [0.29, 0.717) is 0 Å². The lowest BCUT2D eigenvalue weighted by molar-refractivity contribution is 0.436. The summed E-state index contributed by atoms with van der Waals surface area (Å²) in [4.78, 5) is 5.21. The molecule has 3 heterocycles. The molecule has 0 saturated heterocycles. The number of rotatable bonds is 3. The predicted octanol–water partition coefficient (Wildman–Crippen LogP) is 19.7. The van der Waals surface area contributed by atoms with Crippen LogP contribution in [0.4, 0.5) is 17.1 Å². The Morgan fingerprint density at radius 3 is 1.51 bits per heavy atom. The summed E-state index contributed by atoms with van der Waals surface area (Å²) in [5.74, 6) is 1.77. The molecule has 4 aliphatic rings. The Balaban J connectivity index is 1.06. The number of hydrogen-bond donors (Lipinski definition) is 0. The first-order chi connectivity index (χ1) is 36.3. The van der Waals surface area contributed by atoms with Gasteiger partial charge >= 0.3 is 0 Å². The molecule has 0 fully saturated rings. The summed E-state index contributed by atoms with van der Waals surface area (Å²) in [6.45, 7) is 16.3. The largest absolute Gasteiger partial charge is 0.457 e. The number of ether oxygens (including phenoxy) is 1. The van der Waals surface area contributed by atoms with Crippen molar-refractivity contribution >= 4 is 60.3 Å². The molecule has 0 amide bonds. The maximum Gasteiger partial charge on any atom is 0.132 e. The van der Waals surface area contributed by atoms with E-state index in [1.165, 1.54) is 102 Å². The highest BCUT2D eigenvalue weighted by Crippen LogP contribution is 2.66. The van der Waals surface area contributed by atoms with Crippen LogP contribution in [0, 0.1) is 6.92 Å². The van der Waals surface area contributed by atoms with Crippen molar-refractivity contribution in [2.24, 2.45) is 0 Å². The summed E-state index contributed by atoms with van der Waals surface area (Å²) in [6.07, 6.45) is 0. The molecule has 2 spiro atoms. The number of nitrogens with zero attached hydrogens (tertiary/aromatic N) is 1. The molecule has 2 nitrogen and oxygen atoms in total. The van der Waals surface area contributed by atoms with Crippen LogP contribution in [-0.4, -0.2) is 0 Å². The van der Waals surface area contributed by atoms with Crippen LogP contribution in [0.1, 0.15) is 103 Å². The van der Waals surface area contributed by atoms with Crippen LogP contribution in [0.15, 0.2) is 216 Å². The summed E-state index contributed by atoms with van der Waals surface area (Å²) < 4.78 is 9.63. The average molecular weight is 1000 g/mol. The summed E-state index contributed by atoms with van der Waals surface area (Å²) in [6, 6.07) is 78.9. The fraction of sp³-hybridized carbons (Fsp3) is 0.155. The van der Waals surface area contributed by atoms with E-state index in [1.807, 2.05) is 23.1 Å². The highest BCUT2D eigenvalue weighted by atomic mass is 32.2. The van der Waals surface area contributed by atoms with Gasteiger partial charge in [0.1, 0.15) is 11.5 Å². The Labute approximate surface area is 448 Å². The molecular formula is C71H55NOS2. The summed E-state index contributed by atoms with van der Waals surface area (Å²) in [5.41, 5.74) is 21.3. The van der Waals surface area contributed by atoms with Crippen LogP contribution < -0.4 is 9.64 Å². The molecule has 362 valence electrons. The number of hydrogen-bond acceptors (Lipinski definition) is 4. The molecule has 15 rings (SSSR count). The van der Waals surface area contributed by atoms with E-state index < -0.39 is 10.8 Å². The number of aryl methyl sites for hydroxylation is 1. The monoisotopic (exact) mass is 1000 g/mol. The standard InChI is InChI=1S/C71H55NOS2/c1-42-36-60(67-51-21-11-17-27-63(51)74-66(67)37-42)72(46-31-33-62-57(41-46)70(55-25-15-16-26-61(55)73-62)52-22-12-8-18-47(52)48-19-9-13-23-53(48)70)45-30-32-50-49-20-10-14-24-54(49)71(56(50)40-45)58-38-43(68(2,3)4)28-34-64(58)75-65-35-29-44(39-59(65)71)69(5,6)7/h8-41H,1-7H3. The number of fused-ring (bicyclic) bond motifs is 21. The molecule has 0 radical (unpaired) electrons. The summed E-state index contributed by atoms with van der Waals surface area (Å²) >= 11 is 3.81. The van der Waals surface area contributed by atoms with E-state index in [9.17, 15) is 0 Å². The van der Waals surface area contributed by atoms with Crippen LogP contribution in [0.3, 0.4) is 0 Å². The number of para-hydroxylation sites is 1. The van der Waals surface area contributed by atoms with Crippen LogP contribution in [0.25, 0.3) is 42.4 Å². The molecular weight excluding hydrogens is 947 g/mol. The van der Waals surface area contributed by atoms with Crippen LogP contribution in [0.2, 0.25) is 0 Å².